The number of aliphatic carboxylic acids is 3. The van der Waals surface area contributed by atoms with Gasteiger partial charge < -0.3 is 19.8 Å². The van der Waals surface area contributed by atoms with Gasteiger partial charge in [0.25, 0.3) is 0 Å². The van der Waals surface area contributed by atoms with Gasteiger partial charge in [0.05, 0.1) is 26.2 Å². The Balaban J connectivity index is 4.55. The van der Waals surface area contributed by atoms with Crippen LogP contribution in [0.25, 0.3) is 0 Å². The number of hydrogen-bond donors (Lipinski definition) is 3. The average Bonchev–Trinajstić information content (AvgIpc) is 2.83. The van der Waals surface area contributed by atoms with Crippen LogP contribution >= 0.6 is 0 Å². The van der Waals surface area contributed by atoms with Crippen molar-refractivity contribution in [3.05, 3.63) is 12.2 Å². The van der Waals surface area contributed by atoms with E-state index in [-0.39, 0.29) is 24.1 Å². The number of rotatable bonds is 25. The van der Waals surface area contributed by atoms with Crippen molar-refractivity contribution < 1.29 is 34.2 Å². The predicted molar refractivity (Wildman–Crippen MR) is 150 cm³/mol. The van der Waals surface area contributed by atoms with Gasteiger partial charge >= 0.3 is 17.9 Å². The molecule has 7 nitrogen and oxygen atoms in total. The highest BCUT2D eigenvalue weighted by atomic mass is 16.4. The molecular weight excluding hydrogens is 470 g/mol. The highest BCUT2D eigenvalue weighted by molar-refractivity contribution is 5.70. The largest absolute Gasteiger partial charge is 0.481 e. The van der Waals surface area contributed by atoms with Crippen molar-refractivity contribution in [2.75, 3.05) is 26.2 Å². The average molecular weight is 527 g/mol. The Morgan fingerprint density at radius 2 is 0.892 bits per heavy atom. The second-order valence-electron chi connectivity index (χ2n) is 11.3. The summed E-state index contributed by atoms with van der Waals surface area (Å²) in [6.45, 7) is 8.44. The summed E-state index contributed by atoms with van der Waals surface area (Å²) in [6.07, 6.45) is 21.4. The third-order valence-electron chi connectivity index (χ3n) is 7.39. The van der Waals surface area contributed by atoms with Crippen molar-refractivity contribution in [3.63, 3.8) is 0 Å². The summed E-state index contributed by atoms with van der Waals surface area (Å²) in [5, 5.41) is 28.5. The first-order valence-corrected chi connectivity index (χ1v) is 14.7. The van der Waals surface area contributed by atoms with Crippen molar-refractivity contribution >= 4 is 17.9 Å². The van der Waals surface area contributed by atoms with Gasteiger partial charge in [-0.25, -0.2) is 0 Å². The molecule has 3 N–H and O–H groups in total. The van der Waals surface area contributed by atoms with Crippen LogP contribution in [-0.4, -0.2) is 63.9 Å². The number of allylic oxidation sites excluding steroid dienone is 2. The quantitative estimate of drug-likeness (QED) is 0.0670. The van der Waals surface area contributed by atoms with Crippen LogP contribution in [0.3, 0.4) is 0 Å². The van der Waals surface area contributed by atoms with Crippen LogP contribution in [-0.2, 0) is 14.4 Å². The van der Waals surface area contributed by atoms with Gasteiger partial charge in [0.15, 0.2) is 0 Å². The van der Waals surface area contributed by atoms with Crippen LogP contribution in [0, 0.1) is 17.8 Å². The molecule has 0 rings (SSSR count). The Morgan fingerprint density at radius 3 is 1.24 bits per heavy atom. The molecule has 0 aromatic rings. The fourth-order valence-corrected chi connectivity index (χ4v) is 5.17. The van der Waals surface area contributed by atoms with Crippen LogP contribution in [0.15, 0.2) is 12.2 Å². The van der Waals surface area contributed by atoms with E-state index in [4.69, 9.17) is 0 Å². The molecule has 7 heteroatoms. The summed E-state index contributed by atoms with van der Waals surface area (Å²) in [7, 11) is 0. The van der Waals surface area contributed by atoms with Crippen molar-refractivity contribution in [2.24, 2.45) is 17.8 Å². The molecule has 37 heavy (non-hydrogen) atoms. The molecule has 0 aromatic carbocycles. The van der Waals surface area contributed by atoms with Crippen molar-refractivity contribution in [1.82, 2.24) is 0 Å². The first-order chi connectivity index (χ1) is 17.5. The Kier molecular flexibility index (Phi) is 20.0. The van der Waals surface area contributed by atoms with Gasteiger partial charge in [-0.2, -0.15) is 0 Å². The van der Waals surface area contributed by atoms with Crippen molar-refractivity contribution in [1.29, 1.82) is 0 Å². The van der Waals surface area contributed by atoms with E-state index in [9.17, 15) is 29.7 Å². The number of carboxylic acid groups (broad SMARTS) is 3. The zero-order valence-corrected chi connectivity index (χ0v) is 24.1. The van der Waals surface area contributed by atoms with E-state index < -0.39 is 35.7 Å². The molecule has 0 aliphatic carbocycles. The molecule has 0 saturated carbocycles. The summed E-state index contributed by atoms with van der Waals surface area (Å²) in [5.74, 6) is -4.82. The molecule has 0 heterocycles. The lowest BCUT2D eigenvalue weighted by atomic mass is 10.0. The van der Waals surface area contributed by atoms with Crippen LogP contribution in [0.1, 0.15) is 118 Å². The SMILES string of the molecule is CCCCCCCCC/C=C/CCCCCCC[N+](CC(C)C(=O)O)(CC(C)C(=O)O)CC(C)C(=O)O. The van der Waals surface area contributed by atoms with Crippen molar-refractivity contribution in [2.45, 2.75) is 118 Å². The number of quaternary nitrogens is 1. The smallest absolute Gasteiger partial charge is 0.311 e. The second-order valence-corrected chi connectivity index (χ2v) is 11.3. The molecule has 0 radical (unpaired) electrons. The third kappa shape index (κ3) is 18.1. The van der Waals surface area contributed by atoms with Gasteiger partial charge in [-0.1, -0.05) is 70.4 Å². The molecule has 0 fully saturated rings. The molecule has 0 amide bonds. The molecule has 0 bridgehead atoms. The standard InChI is InChI=1S/C30H55NO6/c1-5-6-7-8-9-10-11-12-13-14-15-16-17-18-19-20-21-31(22-25(2)28(32)33,23-26(3)29(34)35)24-27(4)30(36)37/h13-14,25-27H,5-12,15-24H2,1-4H3,(H2-,32,33,34,35,36,37)/p+1/b14-13+. The summed E-state index contributed by atoms with van der Waals surface area (Å²) >= 11 is 0. The lowest BCUT2D eigenvalue weighted by Gasteiger charge is -2.42. The van der Waals surface area contributed by atoms with Gasteiger partial charge in [0.2, 0.25) is 0 Å². The Bertz CT molecular complexity index is 607. The van der Waals surface area contributed by atoms with E-state index in [0.717, 1.165) is 38.5 Å². The first kappa shape index (κ1) is 35.1. The van der Waals surface area contributed by atoms with Gasteiger partial charge in [0, 0.05) is 0 Å². The Hall–Kier alpha value is -1.89. The lowest BCUT2D eigenvalue weighted by Crippen LogP contribution is -2.57. The maximum absolute atomic E-state index is 11.6. The van der Waals surface area contributed by atoms with E-state index in [2.05, 4.69) is 19.1 Å². The fourth-order valence-electron chi connectivity index (χ4n) is 5.17. The zero-order chi connectivity index (χ0) is 28.1. The fraction of sp³-hybridized carbons (Fsp3) is 0.833. The predicted octanol–water partition coefficient (Wildman–Crippen LogP) is 7.00. The minimum Gasteiger partial charge on any atom is -0.481 e. The van der Waals surface area contributed by atoms with Gasteiger partial charge in [-0.05, 0) is 59.3 Å². The number of carbonyl (C=O) groups is 3. The van der Waals surface area contributed by atoms with E-state index in [1.165, 1.54) is 51.4 Å². The molecular formula is C30H56NO6+. The summed E-state index contributed by atoms with van der Waals surface area (Å²) < 4.78 is 0.218. The number of unbranched alkanes of at least 4 members (excludes halogenated alkanes) is 12. The molecule has 0 aromatic heterocycles. The van der Waals surface area contributed by atoms with Crippen LogP contribution in [0.2, 0.25) is 0 Å². The van der Waals surface area contributed by atoms with E-state index >= 15 is 0 Å². The summed E-state index contributed by atoms with van der Waals surface area (Å²) in [5.41, 5.74) is 0. The van der Waals surface area contributed by atoms with Gasteiger partial charge in [-0.15, -0.1) is 0 Å². The number of nitrogens with zero attached hydrogens (tertiary/aromatic N) is 1. The molecule has 0 saturated heterocycles. The van der Waals surface area contributed by atoms with Gasteiger partial charge in [-0.3, -0.25) is 14.4 Å². The maximum Gasteiger partial charge on any atom is 0.311 e. The Morgan fingerprint density at radius 1 is 0.568 bits per heavy atom. The molecule has 216 valence electrons. The van der Waals surface area contributed by atoms with Crippen LogP contribution < -0.4 is 0 Å². The monoisotopic (exact) mass is 526 g/mol. The third-order valence-corrected chi connectivity index (χ3v) is 7.39. The van der Waals surface area contributed by atoms with Crippen molar-refractivity contribution in [3.8, 4) is 0 Å². The molecule has 0 aliphatic rings. The Labute approximate surface area is 225 Å². The minimum absolute atomic E-state index is 0.218. The first-order valence-electron chi connectivity index (χ1n) is 14.7. The molecule has 3 unspecified atom stereocenters. The summed E-state index contributed by atoms with van der Waals surface area (Å²) in [4.78, 5) is 34.8. The highest BCUT2D eigenvalue weighted by Gasteiger charge is 2.38. The lowest BCUT2D eigenvalue weighted by molar-refractivity contribution is -0.934. The van der Waals surface area contributed by atoms with Crippen LogP contribution in [0.4, 0.5) is 0 Å². The van der Waals surface area contributed by atoms with Gasteiger partial charge in [0.1, 0.15) is 17.8 Å². The molecule has 0 aliphatic heterocycles. The number of hydrogen-bond acceptors (Lipinski definition) is 3. The minimum atomic E-state index is -0.937. The number of carboxylic acids is 3. The molecule has 0 spiro atoms. The second kappa shape index (κ2) is 21.1. The maximum atomic E-state index is 11.6. The van der Waals surface area contributed by atoms with Crippen LogP contribution in [0.5, 0.6) is 0 Å². The van der Waals surface area contributed by atoms with E-state index in [1.807, 2.05) is 0 Å². The highest BCUT2D eigenvalue weighted by Crippen LogP contribution is 2.22. The topological polar surface area (TPSA) is 112 Å². The van der Waals surface area contributed by atoms with E-state index in [1.54, 1.807) is 20.8 Å². The zero-order valence-electron chi connectivity index (χ0n) is 24.1. The summed E-state index contributed by atoms with van der Waals surface area (Å²) in [6, 6.07) is 0. The molecule has 3 atom stereocenters. The van der Waals surface area contributed by atoms with E-state index in [0.29, 0.717) is 6.54 Å². The normalized spacial score (nSPS) is 15.8.